The molecule has 156 valence electrons. The second-order valence-electron chi connectivity index (χ2n) is 8.26. The number of benzene rings is 2. The highest BCUT2D eigenvalue weighted by atomic mass is 19.1. The van der Waals surface area contributed by atoms with Gasteiger partial charge in [-0.3, -0.25) is 4.90 Å². The molecule has 0 amide bonds. The fraction of sp³-hybridized carbons (Fsp3) is 0.375. The van der Waals surface area contributed by atoms with Crippen LogP contribution in [0.15, 0.2) is 59.3 Å². The van der Waals surface area contributed by atoms with E-state index < -0.39 is 0 Å². The van der Waals surface area contributed by atoms with E-state index in [4.69, 9.17) is 15.0 Å². The lowest BCUT2D eigenvalue weighted by Gasteiger charge is -2.43. The lowest BCUT2D eigenvalue weighted by Crippen LogP contribution is -2.51. The number of halogens is 1. The number of hydrogen-bond donors (Lipinski definition) is 1. The molecule has 1 fully saturated rings. The standard InChI is InChI=1S/C24H26FN3O2/c25-17-8-10-22(20(14-17)23-11-12-27-30-23)29-24-19-6-2-1-4-16(19)7-9-21(24)28-13-3-5-18(26)15-28/h1-2,4,6,8,10-12,14,18,21,24H,3,5,7,9,13,15,26H2/t18-,21?,24?/m0/s1. The first kappa shape index (κ1) is 19.3. The van der Waals surface area contributed by atoms with Gasteiger partial charge in [0.15, 0.2) is 5.76 Å². The Labute approximate surface area is 175 Å². The Morgan fingerprint density at radius 1 is 1.13 bits per heavy atom. The molecule has 3 atom stereocenters. The van der Waals surface area contributed by atoms with Crippen LogP contribution in [-0.2, 0) is 6.42 Å². The van der Waals surface area contributed by atoms with Crippen molar-refractivity contribution in [3.8, 4) is 17.1 Å². The number of rotatable bonds is 4. The summed E-state index contributed by atoms with van der Waals surface area (Å²) in [5.41, 5.74) is 9.36. The van der Waals surface area contributed by atoms with Gasteiger partial charge in [-0.05, 0) is 61.6 Å². The molecule has 0 radical (unpaired) electrons. The molecular formula is C24H26FN3O2. The number of nitrogens with two attached hydrogens (primary N) is 1. The molecule has 1 aromatic heterocycles. The van der Waals surface area contributed by atoms with E-state index in [9.17, 15) is 4.39 Å². The highest BCUT2D eigenvalue weighted by molar-refractivity contribution is 5.65. The van der Waals surface area contributed by atoms with E-state index in [-0.39, 0.29) is 24.0 Å². The SMILES string of the molecule is N[C@H]1CCCN(C2CCc3ccccc3C2Oc2ccc(F)cc2-c2ccno2)C1. The predicted octanol–water partition coefficient (Wildman–Crippen LogP) is 4.34. The minimum absolute atomic E-state index is 0.160. The maximum absolute atomic E-state index is 14.0. The number of piperidine rings is 1. The Kier molecular flexibility index (Phi) is 5.27. The van der Waals surface area contributed by atoms with Crippen molar-refractivity contribution in [2.45, 2.75) is 43.9 Å². The molecule has 5 rings (SSSR count). The van der Waals surface area contributed by atoms with E-state index >= 15 is 0 Å². The van der Waals surface area contributed by atoms with Gasteiger partial charge < -0.3 is 15.0 Å². The van der Waals surface area contributed by atoms with Crippen LogP contribution in [-0.4, -0.2) is 35.2 Å². The topological polar surface area (TPSA) is 64.5 Å². The zero-order chi connectivity index (χ0) is 20.5. The van der Waals surface area contributed by atoms with Crippen LogP contribution in [0.4, 0.5) is 4.39 Å². The van der Waals surface area contributed by atoms with Crippen LogP contribution in [0.25, 0.3) is 11.3 Å². The normalized spacial score (nSPS) is 24.4. The molecule has 1 aliphatic heterocycles. The molecule has 0 saturated carbocycles. The average molecular weight is 407 g/mol. The van der Waals surface area contributed by atoms with Gasteiger partial charge in [-0.15, -0.1) is 0 Å². The summed E-state index contributed by atoms with van der Waals surface area (Å²) in [5, 5.41) is 3.77. The number of likely N-dealkylation sites (tertiary alicyclic amines) is 1. The molecule has 5 nitrogen and oxygen atoms in total. The number of ether oxygens (including phenoxy) is 1. The summed E-state index contributed by atoms with van der Waals surface area (Å²) in [6.45, 7) is 1.91. The van der Waals surface area contributed by atoms with Gasteiger partial charge in [0.05, 0.1) is 17.8 Å². The number of fused-ring (bicyclic) bond motifs is 1. The van der Waals surface area contributed by atoms with E-state index in [1.807, 2.05) is 0 Å². The summed E-state index contributed by atoms with van der Waals surface area (Å²) in [6, 6.07) is 15.1. The minimum atomic E-state index is -0.337. The molecule has 2 aromatic carbocycles. The van der Waals surface area contributed by atoms with Crippen molar-refractivity contribution in [1.29, 1.82) is 0 Å². The maximum atomic E-state index is 14.0. The third kappa shape index (κ3) is 3.73. The second kappa shape index (κ2) is 8.20. The van der Waals surface area contributed by atoms with Gasteiger partial charge >= 0.3 is 0 Å². The number of hydrogen-bond acceptors (Lipinski definition) is 5. The van der Waals surface area contributed by atoms with Crippen LogP contribution in [0, 0.1) is 5.82 Å². The van der Waals surface area contributed by atoms with Crippen LogP contribution >= 0.6 is 0 Å². The minimum Gasteiger partial charge on any atom is -0.483 e. The van der Waals surface area contributed by atoms with Crippen LogP contribution in [0.3, 0.4) is 0 Å². The van der Waals surface area contributed by atoms with Gasteiger partial charge in [-0.25, -0.2) is 4.39 Å². The first-order valence-electron chi connectivity index (χ1n) is 10.6. The molecule has 3 aromatic rings. The summed E-state index contributed by atoms with van der Waals surface area (Å²) in [4.78, 5) is 2.48. The molecule has 6 heteroatoms. The summed E-state index contributed by atoms with van der Waals surface area (Å²) in [6.07, 6.45) is 5.59. The highest BCUT2D eigenvalue weighted by Crippen LogP contribution is 2.40. The molecule has 2 N–H and O–H groups in total. The van der Waals surface area contributed by atoms with Gasteiger partial charge in [0.1, 0.15) is 17.7 Å². The van der Waals surface area contributed by atoms with Gasteiger partial charge in [0, 0.05) is 18.7 Å². The van der Waals surface area contributed by atoms with E-state index in [1.54, 1.807) is 18.3 Å². The van der Waals surface area contributed by atoms with E-state index in [0.29, 0.717) is 17.1 Å². The smallest absolute Gasteiger partial charge is 0.170 e. The first-order valence-corrected chi connectivity index (χ1v) is 10.6. The van der Waals surface area contributed by atoms with Crippen molar-refractivity contribution in [3.63, 3.8) is 0 Å². The Morgan fingerprint density at radius 3 is 2.87 bits per heavy atom. The van der Waals surface area contributed by atoms with Crippen molar-refractivity contribution in [1.82, 2.24) is 10.1 Å². The van der Waals surface area contributed by atoms with Crippen molar-refractivity contribution in [3.05, 3.63) is 71.7 Å². The fourth-order valence-electron chi connectivity index (χ4n) is 4.85. The molecule has 0 bridgehead atoms. The molecular weight excluding hydrogens is 381 g/mol. The molecule has 0 spiro atoms. The molecule has 2 heterocycles. The Balaban J connectivity index is 1.53. The monoisotopic (exact) mass is 407 g/mol. The largest absolute Gasteiger partial charge is 0.483 e. The van der Waals surface area contributed by atoms with Crippen LogP contribution < -0.4 is 10.5 Å². The summed E-state index contributed by atoms with van der Waals surface area (Å²) in [5.74, 6) is 0.752. The van der Waals surface area contributed by atoms with Crippen molar-refractivity contribution < 1.29 is 13.7 Å². The Hall–Kier alpha value is -2.70. The molecule has 2 unspecified atom stereocenters. The van der Waals surface area contributed by atoms with Crippen LogP contribution in [0.2, 0.25) is 0 Å². The third-order valence-electron chi connectivity index (χ3n) is 6.28. The van der Waals surface area contributed by atoms with Crippen LogP contribution in [0.1, 0.15) is 36.5 Å². The lowest BCUT2D eigenvalue weighted by molar-refractivity contribution is 0.0369. The average Bonchev–Trinajstić information content (AvgIpc) is 3.30. The van der Waals surface area contributed by atoms with Gasteiger partial charge in [0.25, 0.3) is 0 Å². The molecule has 1 aliphatic carbocycles. The first-order chi connectivity index (χ1) is 14.7. The van der Waals surface area contributed by atoms with E-state index in [0.717, 1.165) is 38.8 Å². The van der Waals surface area contributed by atoms with E-state index in [2.05, 4.69) is 34.3 Å². The second-order valence-corrected chi connectivity index (χ2v) is 8.26. The fourth-order valence-corrected chi connectivity index (χ4v) is 4.85. The molecule has 2 aliphatic rings. The summed E-state index contributed by atoms with van der Waals surface area (Å²) < 4.78 is 26.0. The summed E-state index contributed by atoms with van der Waals surface area (Å²) in [7, 11) is 0. The zero-order valence-corrected chi connectivity index (χ0v) is 16.8. The number of nitrogens with zero attached hydrogens (tertiary/aromatic N) is 2. The number of aromatic nitrogens is 1. The maximum Gasteiger partial charge on any atom is 0.170 e. The van der Waals surface area contributed by atoms with E-state index in [1.165, 1.54) is 23.3 Å². The lowest BCUT2D eigenvalue weighted by atomic mass is 9.84. The third-order valence-corrected chi connectivity index (χ3v) is 6.28. The predicted molar refractivity (Wildman–Crippen MR) is 113 cm³/mol. The van der Waals surface area contributed by atoms with Crippen molar-refractivity contribution >= 4 is 0 Å². The molecule has 30 heavy (non-hydrogen) atoms. The quantitative estimate of drug-likeness (QED) is 0.697. The Bertz CT molecular complexity index is 1010. The number of aryl methyl sites for hydroxylation is 1. The Morgan fingerprint density at radius 2 is 2.03 bits per heavy atom. The van der Waals surface area contributed by atoms with Crippen molar-refractivity contribution in [2.24, 2.45) is 5.73 Å². The summed E-state index contributed by atoms with van der Waals surface area (Å²) >= 11 is 0. The zero-order valence-electron chi connectivity index (χ0n) is 16.8. The highest BCUT2D eigenvalue weighted by Gasteiger charge is 2.37. The van der Waals surface area contributed by atoms with Crippen LogP contribution in [0.5, 0.6) is 5.75 Å². The van der Waals surface area contributed by atoms with Gasteiger partial charge in [-0.2, -0.15) is 0 Å². The van der Waals surface area contributed by atoms with Gasteiger partial charge in [0.2, 0.25) is 0 Å². The molecule has 1 saturated heterocycles. The van der Waals surface area contributed by atoms with Crippen molar-refractivity contribution in [2.75, 3.05) is 13.1 Å². The van der Waals surface area contributed by atoms with Gasteiger partial charge in [-0.1, -0.05) is 29.4 Å².